The predicted molar refractivity (Wildman–Crippen MR) is 119 cm³/mol. The Labute approximate surface area is 170 Å². The van der Waals surface area contributed by atoms with E-state index in [0.717, 1.165) is 6.42 Å². The van der Waals surface area contributed by atoms with Crippen molar-refractivity contribution in [1.82, 2.24) is 0 Å². The minimum atomic E-state index is 0.669. The first-order valence-electron chi connectivity index (χ1n) is 11.2. The molecule has 0 atom stereocenters. The molecule has 0 aromatic heterocycles. The molecule has 0 N–H and O–H groups in total. The highest BCUT2D eigenvalue weighted by Crippen LogP contribution is 2.37. The van der Waals surface area contributed by atoms with Gasteiger partial charge in [0.25, 0.3) is 0 Å². The number of rotatable bonds is 9. The van der Waals surface area contributed by atoms with E-state index in [1.807, 2.05) is 0 Å². The van der Waals surface area contributed by atoms with Gasteiger partial charge in [0, 0.05) is 0 Å². The normalized spacial score (nSPS) is 19.9. The van der Waals surface area contributed by atoms with Crippen LogP contribution in [-0.4, -0.2) is 0 Å². The van der Waals surface area contributed by atoms with Gasteiger partial charge < -0.3 is 0 Å². The smallest absolute Gasteiger partial charge is 0.0827 e. The third-order valence-corrected chi connectivity index (χ3v) is 6.39. The van der Waals surface area contributed by atoms with Gasteiger partial charge in [-0.3, -0.25) is 0 Å². The summed E-state index contributed by atoms with van der Waals surface area (Å²) in [5.41, 5.74) is 5.54. The Morgan fingerprint density at radius 3 is 2.07 bits per heavy atom. The van der Waals surface area contributed by atoms with Crippen molar-refractivity contribution in [3.8, 4) is 11.1 Å². The first-order valence-corrected chi connectivity index (χ1v) is 11.2. The molecule has 0 nitrogen and oxygen atoms in total. The van der Waals surface area contributed by atoms with Gasteiger partial charge in [-0.2, -0.15) is 0 Å². The van der Waals surface area contributed by atoms with E-state index in [2.05, 4.69) is 55.5 Å². The average molecular weight is 379 g/mol. The van der Waals surface area contributed by atoms with Crippen molar-refractivity contribution >= 4 is 0 Å². The van der Waals surface area contributed by atoms with Crippen LogP contribution in [0.25, 0.3) is 11.1 Å². The number of allylic oxidation sites excluding steroid dienone is 1. The SMILES string of the molecule is CCCCCCc1ccc(-c2ccc(C3CCC(CC=CF)CC3)cc2)cc1. The molecule has 3 rings (SSSR count). The van der Waals surface area contributed by atoms with Crippen LogP contribution < -0.4 is 0 Å². The molecule has 0 aliphatic heterocycles. The summed E-state index contributed by atoms with van der Waals surface area (Å²) in [4.78, 5) is 0. The second-order valence-corrected chi connectivity index (χ2v) is 8.44. The van der Waals surface area contributed by atoms with Gasteiger partial charge in [0.05, 0.1) is 6.33 Å². The third-order valence-electron chi connectivity index (χ3n) is 6.39. The van der Waals surface area contributed by atoms with E-state index in [9.17, 15) is 4.39 Å². The van der Waals surface area contributed by atoms with Crippen molar-refractivity contribution in [2.75, 3.05) is 0 Å². The van der Waals surface area contributed by atoms with Crippen LogP contribution >= 0.6 is 0 Å². The zero-order valence-corrected chi connectivity index (χ0v) is 17.4. The van der Waals surface area contributed by atoms with Crippen molar-refractivity contribution in [3.05, 3.63) is 72.1 Å². The summed E-state index contributed by atoms with van der Waals surface area (Å²) in [6.07, 6.45) is 14.7. The van der Waals surface area contributed by atoms with E-state index in [1.165, 1.54) is 80.0 Å². The molecule has 2 aromatic rings. The Morgan fingerprint density at radius 2 is 1.46 bits per heavy atom. The Hall–Kier alpha value is -1.89. The van der Waals surface area contributed by atoms with Crippen molar-refractivity contribution in [3.63, 3.8) is 0 Å². The standard InChI is InChI=1S/C27H35F/c1-2-3-4-5-7-22-9-13-24(14-10-22)26-17-19-27(20-18-26)25-15-11-23(12-16-25)8-6-21-28/h6,9-10,13-14,17-21,23,25H,2-5,7-8,11-12,15-16H2,1H3. The number of aryl methyl sites for hydroxylation is 1. The molecule has 0 spiro atoms. The Bertz CT molecular complexity index is 703. The molecule has 1 aliphatic rings. The third kappa shape index (κ3) is 6.06. The molecule has 1 heteroatoms. The summed E-state index contributed by atoms with van der Waals surface area (Å²) in [6, 6.07) is 18.3. The quantitative estimate of drug-likeness (QED) is 0.383. The van der Waals surface area contributed by atoms with E-state index in [4.69, 9.17) is 0 Å². The maximum absolute atomic E-state index is 12.2. The first-order chi connectivity index (χ1) is 13.8. The van der Waals surface area contributed by atoms with Gasteiger partial charge >= 0.3 is 0 Å². The van der Waals surface area contributed by atoms with E-state index in [0.29, 0.717) is 18.2 Å². The molecule has 0 heterocycles. The van der Waals surface area contributed by atoms with Gasteiger partial charge in [0.2, 0.25) is 0 Å². The van der Waals surface area contributed by atoms with Gasteiger partial charge in [-0.05, 0) is 79.0 Å². The van der Waals surface area contributed by atoms with Crippen molar-refractivity contribution in [2.45, 2.75) is 77.0 Å². The van der Waals surface area contributed by atoms with Crippen LogP contribution in [0.3, 0.4) is 0 Å². The number of benzene rings is 2. The number of hydrogen-bond acceptors (Lipinski definition) is 0. The minimum absolute atomic E-state index is 0.669. The fraction of sp³-hybridized carbons (Fsp3) is 0.481. The predicted octanol–water partition coefficient (Wildman–Crippen LogP) is 8.62. The molecule has 0 saturated heterocycles. The molecule has 28 heavy (non-hydrogen) atoms. The van der Waals surface area contributed by atoms with Crippen LogP contribution in [0, 0.1) is 5.92 Å². The van der Waals surface area contributed by atoms with Gasteiger partial charge in [0.1, 0.15) is 0 Å². The second kappa shape index (κ2) is 11.2. The number of halogens is 1. The highest BCUT2D eigenvalue weighted by atomic mass is 19.1. The molecule has 0 amide bonds. The van der Waals surface area contributed by atoms with Gasteiger partial charge in [-0.1, -0.05) is 80.8 Å². The summed E-state index contributed by atoms with van der Waals surface area (Å²) in [6.45, 7) is 2.26. The van der Waals surface area contributed by atoms with Crippen LogP contribution in [0.1, 0.15) is 81.8 Å². The largest absolute Gasteiger partial charge is 0.216 e. The summed E-state index contributed by atoms with van der Waals surface area (Å²) < 4.78 is 12.2. The monoisotopic (exact) mass is 378 g/mol. The Kier molecular flexibility index (Phi) is 8.33. The van der Waals surface area contributed by atoms with E-state index < -0.39 is 0 Å². The highest BCUT2D eigenvalue weighted by molar-refractivity contribution is 5.64. The molecule has 1 saturated carbocycles. The lowest BCUT2D eigenvalue weighted by atomic mass is 9.77. The topological polar surface area (TPSA) is 0 Å². The van der Waals surface area contributed by atoms with Crippen molar-refractivity contribution in [2.24, 2.45) is 5.92 Å². The molecule has 2 aromatic carbocycles. The number of hydrogen-bond donors (Lipinski definition) is 0. The molecule has 150 valence electrons. The lowest BCUT2D eigenvalue weighted by molar-refractivity contribution is 0.327. The molecule has 1 fully saturated rings. The first kappa shape index (κ1) is 20.8. The van der Waals surface area contributed by atoms with Crippen molar-refractivity contribution < 1.29 is 4.39 Å². The van der Waals surface area contributed by atoms with Crippen LogP contribution in [0.4, 0.5) is 4.39 Å². The lowest BCUT2D eigenvalue weighted by Crippen LogP contribution is -2.12. The molecular formula is C27H35F. The Balaban J connectivity index is 1.53. The van der Waals surface area contributed by atoms with Gasteiger partial charge in [-0.25, -0.2) is 4.39 Å². The van der Waals surface area contributed by atoms with E-state index in [1.54, 1.807) is 6.08 Å². The second-order valence-electron chi connectivity index (χ2n) is 8.44. The summed E-state index contributed by atoms with van der Waals surface area (Å²) in [7, 11) is 0. The summed E-state index contributed by atoms with van der Waals surface area (Å²) >= 11 is 0. The van der Waals surface area contributed by atoms with Crippen LogP contribution in [0.5, 0.6) is 0 Å². The van der Waals surface area contributed by atoms with Gasteiger partial charge in [-0.15, -0.1) is 0 Å². The number of unbranched alkanes of at least 4 members (excludes halogenated alkanes) is 3. The zero-order valence-electron chi connectivity index (χ0n) is 17.4. The summed E-state index contributed by atoms with van der Waals surface area (Å²) in [5, 5.41) is 0. The zero-order chi connectivity index (χ0) is 19.6. The van der Waals surface area contributed by atoms with Crippen molar-refractivity contribution in [1.29, 1.82) is 0 Å². The molecule has 0 radical (unpaired) electrons. The van der Waals surface area contributed by atoms with Gasteiger partial charge in [0.15, 0.2) is 0 Å². The summed E-state index contributed by atoms with van der Waals surface area (Å²) in [5.74, 6) is 1.34. The lowest BCUT2D eigenvalue weighted by Gasteiger charge is -2.28. The van der Waals surface area contributed by atoms with E-state index in [-0.39, 0.29) is 0 Å². The van der Waals surface area contributed by atoms with Crippen LogP contribution in [-0.2, 0) is 6.42 Å². The highest BCUT2D eigenvalue weighted by Gasteiger charge is 2.21. The van der Waals surface area contributed by atoms with Crippen LogP contribution in [0.2, 0.25) is 0 Å². The molecule has 0 bridgehead atoms. The minimum Gasteiger partial charge on any atom is -0.216 e. The molecule has 1 aliphatic carbocycles. The molecular weight excluding hydrogens is 343 g/mol. The maximum Gasteiger partial charge on any atom is 0.0827 e. The molecule has 0 unspecified atom stereocenters. The Morgan fingerprint density at radius 1 is 0.821 bits per heavy atom. The maximum atomic E-state index is 12.2. The fourth-order valence-electron chi connectivity index (χ4n) is 4.54. The van der Waals surface area contributed by atoms with Crippen LogP contribution in [0.15, 0.2) is 60.9 Å². The van der Waals surface area contributed by atoms with E-state index >= 15 is 0 Å². The average Bonchev–Trinajstić information content (AvgIpc) is 2.76. The fourth-order valence-corrected chi connectivity index (χ4v) is 4.54.